The summed E-state index contributed by atoms with van der Waals surface area (Å²) < 4.78 is 7.37. The molecule has 2 fully saturated rings. The molecule has 3 heterocycles. The predicted octanol–water partition coefficient (Wildman–Crippen LogP) is 3.18. The minimum atomic E-state index is -0.889. The zero-order valence-corrected chi connectivity index (χ0v) is 19.6. The van der Waals surface area contributed by atoms with Crippen LogP contribution in [-0.2, 0) is 7.05 Å². The quantitative estimate of drug-likeness (QED) is 0.606. The fourth-order valence-electron chi connectivity index (χ4n) is 5.20. The van der Waals surface area contributed by atoms with E-state index in [0.717, 1.165) is 24.2 Å². The van der Waals surface area contributed by atoms with Gasteiger partial charge in [-0.1, -0.05) is 19.3 Å². The number of carboxylic acid groups (broad SMARTS) is 1. The molecule has 10 heteroatoms. The molecular weight excluding hydrogens is 436 g/mol. The zero-order valence-electron chi connectivity index (χ0n) is 19.6. The van der Waals surface area contributed by atoms with Gasteiger partial charge < -0.3 is 24.6 Å². The number of amides is 1. The Balaban J connectivity index is 1.48. The van der Waals surface area contributed by atoms with Crippen LogP contribution >= 0.6 is 0 Å². The molecule has 5 rings (SSSR count). The molecule has 1 saturated carbocycles. The van der Waals surface area contributed by atoms with Crippen LogP contribution in [0.2, 0.25) is 0 Å². The number of fused-ring (bicyclic) bond motifs is 1. The highest BCUT2D eigenvalue weighted by Gasteiger charge is 2.26. The second-order valence-electron chi connectivity index (χ2n) is 9.10. The number of aromatic nitrogens is 4. The molecule has 2 aromatic heterocycles. The first-order chi connectivity index (χ1) is 16.5. The van der Waals surface area contributed by atoms with Gasteiger partial charge in [-0.3, -0.25) is 4.79 Å². The molecule has 3 aromatic rings. The summed E-state index contributed by atoms with van der Waals surface area (Å²) in [6, 6.07) is 5.75. The molecule has 1 aliphatic carbocycles. The van der Waals surface area contributed by atoms with Crippen molar-refractivity contribution in [2.75, 3.05) is 38.2 Å². The summed E-state index contributed by atoms with van der Waals surface area (Å²) in [6.07, 6.45) is 4.81. The lowest BCUT2D eigenvalue weighted by Gasteiger charge is -2.34. The van der Waals surface area contributed by atoms with Crippen molar-refractivity contribution in [1.82, 2.24) is 24.6 Å². The van der Waals surface area contributed by atoms with Crippen LogP contribution in [0.3, 0.4) is 0 Å². The summed E-state index contributed by atoms with van der Waals surface area (Å²) >= 11 is 0. The predicted molar refractivity (Wildman–Crippen MR) is 129 cm³/mol. The highest BCUT2D eigenvalue weighted by atomic mass is 16.5. The second kappa shape index (κ2) is 9.00. The van der Waals surface area contributed by atoms with Crippen molar-refractivity contribution < 1.29 is 14.6 Å². The largest absolute Gasteiger partial charge is 0.496 e. The molecule has 10 nitrogen and oxygen atoms in total. The zero-order chi connectivity index (χ0) is 23.8. The molecule has 2 N–H and O–H groups in total. The average molecular weight is 467 g/mol. The molecule has 1 aromatic carbocycles. The summed E-state index contributed by atoms with van der Waals surface area (Å²) in [5.74, 6) is 1.34. The summed E-state index contributed by atoms with van der Waals surface area (Å²) in [5.41, 5.74) is 2.89. The number of aromatic amines is 1. The van der Waals surface area contributed by atoms with E-state index in [-0.39, 0.29) is 5.56 Å². The van der Waals surface area contributed by atoms with E-state index in [4.69, 9.17) is 14.8 Å². The van der Waals surface area contributed by atoms with Crippen molar-refractivity contribution in [2.45, 2.75) is 38.0 Å². The number of methoxy groups -OCH3 is 1. The first-order valence-electron chi connectivity index (χ1n) is 11.8. The molecule has 0 atom stereocenters. The van der Waals surface area contributed by atoms with Gasteiger partial charge in [0, 0.05) is 50.9 Å². The summed E-state index contributed by atoms with van der Waals surface area (Å²) in [4.78, 5) is 35.7. The Labute approximate surface area is 197 Å². The number of ether oxygens (including phenoxy) is 1. The Morgan fingerprint density at radius 2 is 1.88 bits per heavy atom. The van der Waals surface area contributed by atoms with Crippen LogP contribution in [-0.4, -0.2) is 69.1 Å². The molecular formula is C24H30N6O4. The number of anilines is 1. The molecule has 34 heavy (non-hydrogen) atoms. The van der Waals surface area contributed by atoms with E-state index in [0.29, 0.717) is 60.3 Å². The highest BCUT2D eigenvalue weighted by Crippen LogP contribution is 2.36. The van der Waals surface area contributed by atoms with Gasteiger partial charge in [0.15, 0.2) is 5.65 Å². The number of H-pyrrole nitrogens is 1. The minimum absolute atomic E-state index is 0.176. The molecule has 0 spiro atoms. The number of hydrogen-bond acceptors (Lipinski definition) is 6. The third-order valence-electron chi connectivity index (χ3n) is 7.07. The Morgan fingerprint density at radius 3 is 2.56 bits per heavy atom. The molecule has 1 aliphatic heterocycles. The number of hydrogen-bond donors (Lipinski definition) is 2. The van der Waals surface area contributed by atoms with Gasteiger partial charge in [0.25, 0.3) is 5.56 Å². The summed E-state index contributed by atoms with van der Waals surface area (Å²) in [5, 5.41) is 14.5. The van der Waals surface area contributed by atoms with Gasteiger partial charge >= 0.3 is 6.09 Å². The summed E-state index contributed by atoms with van der Waals surface area (Å²) in [6.45, 7) is 2.12. The van der Waals surface area contributed by atoms with Crippen LogP contribution in [0.15, 0.2) is 23.0 Å². The van der Waals surface area contributed by atoms with Crippen LogP contribution in [0.4, 0.5) is 10.5 Å². The first kappa shape index (κ1) is 22.2. The lowest BCUT2D eigenvalue weighted by Crippen LogP contribution is -2.48. The van der Waals surface area contributed by atoms with Crippen LogP contribution in [0.5, 0.6) is 5.75 Å². The van der Waals surface area contributed by atoms with Crippen molar-refractivity contribution in [1.29, 1.82) is 0 Å². The van der Waals surface area contributed by atoms with Gasteiger partial charge in [0.2, 0.25) is 0 Å². The third kappa shape index (κ3) is 3.97. The van der Waals surface area contributed by atoms with Crippen molar-refractivity contribution in [3.8, 4) is 17.1 Å². The number of nitrogens with one attached hydrogen (secondary N) is 1. The standard InChI is InChI=1S/C24H30N6O4/c1-28-22-19(20(27-28)15-6-4-3-5-7-15)23(31)26-21(25-22)17-9-8-16(14-18(17)34-2)29-10-12-30(13-11-29)24(32)33/h8-9,14-15H,3-7,10-13H2,1-2H3,(H,32,33)(H,25,26,31). The van der Waals surface area contributed by atoms with Gasteiger partial charge in [-0.05, 0) is 25.0 Å². The summed E-state index contributed by atoms with van der Waals surface area (Å²) in [7, 11) is 3.43. The maximum absolute atomic E-state index is 13.2. The normalized spacial score (nSPS) is 17.4. The molecule has 0 radical (unpaired) electrons. The van der Waals surface area contributed by atoms with Crippen molar-refractivity contribution in [2.24, 2.45) is 7.05 Å². The van der Waals surface area contributed by atoms with Crippen molar-refractivity contribution in [3.05, 3.63) is 34.2 Å². The van der Waals surface area contributed by atoms with Gasteiger partial charge in [0.05, 0.1) is 18.4 Å². The van der Waals surface area contributed by atoms with E-state index < -0.39 is 6.09 Å². The molecule has 0 bridgehead atoms. The van der Waals surface area contributed by atoms with E-state index >= 15 is 0 Å². The van der Waals surface area contributed by atoms with Crippen LogP contribution in [0, 0.1) is 0 Å². The van der Waals surface area contributed by atoms with E-state index in [1.165, 1.54) is 24.2 Å². The fourth-order valence-corrected chi connectivity index (χ4v) is 5.20. The van der Waals surface area contributed by atoms with E-state index in [1.54, 1.807) is 11.8 Å². The highest BCUT2D eigenvalue weighted by molar-refractivity contribution is 5.81. The van der Waals surface area contributed by atoms with E-state index in [1.807, 2.05) is 25.2 Å². The van der Waals surface area contributed by atoms with Gasteiger partial charge in [-0.2, -0.15) is 5.10 Å². The number of benzene rings is 1. The number of piperazine rings is 1. The SMILES string of the molecule is COc1cc(N2CCN(C(=O)O)CC2)ccc1-c1nc2c(c(C3CCCCC3)nn2C)c(=O)[nH]1. The van der Waals surface area contributed by atoms with Crippen LogP contribution < -0.4 is 15.2 Å². The second-order valence-corrected chi connectivity index (χ2v) is 9.10. The van der Waals surface area contributed by atoms with Gasteiger partial charge in [-0.15, -0.1) is 0 Å². The van der Waals surface area contributed by atoms with Crippen molar-refractivity contribution in [3.63, 3.8) is 0 Å². The number of rotatable bonds is 4. The molecule has 180 valence electrons. The fraction of sp³-hybridized carbons (Fsp3) is 0.500. The van der Waals surface area contributed by atoms with Crippen LogP contribution in [0.25, 0.3) is 22.4 Å². The number of nitrogens with zero attached hydrogens (tertiary/aromatic N) is 5. The maximum Gasteiger partial charge on any atom is 0.407 e. The monoisotopic (exact) mass is 466 g/mol. The molecule has 2 aliphatic rings. The smallest absolute Gasteiger partial charge is 0.407 e. The first-order valence-corrected chi connectivity index (χ1v) is 11.8. The van der Waals surface area contributed by atoms with Gasteiger partial charge in [0.1, 0.15) is 17.0 Å². The Kier molecular flexibility index (Phi) is 5.89. The number of aryl methyl sites for hydroxylation is 1. The third-order valence-corrected chi connectivity index (χ3v) is 7.07. The van der Waals surface area contributed by atoms with Crippen LogP contribution in [0.1, 0.15) is 43.7 Å². The Hall–Kier alpha value is -3.56. The lowest BCUT2D eigenvalue weighted by molar-refractivity contribution is 0.142. The van der Waals surface area contributed by atoms with E-state index in [9.17, 15) is 14.7 Å². The topological polar surface area (TPSA) is 117 Å². The maximum atomic E-state index is 13.2. The lowest BCUT2D eigenvalue weighted by atomic mass is 9.86. The van der Waals surface area contributed by atoms with Gasteiger partial charge in [-0.25, -0.2) is 14.5 Å². The number of carbonyl (C=O) groups is 1. The average Bonchev–Trinajstić information content (AvgIpc) is 3.21. The molecule has 1 saturated heterocycles. The Morgan fingerprint density at radius 1 is 1.15 bits per heavy atom. The molecule has 1 amide bonds. The minimum Gasteiger partial charge on any atom is -0.496 e. The Bertz CT molecular complexity index is 1270. The van der Waals surface area contributed by atoms with Crippen molar-refractivity contribution >= 4 is 22.8 Å². The molecule has 0 unspecified atom stereocenters. The van der Waals surface area contributed by atoms with E-state index in [2.05, 4.69) is 9.88 Å².